The lowest BCUT2D eigenvalue weighted by Gasteiger charge is -2.21. The molecule has 0 heterocycles. The van der Waals surface area contributed by atoms with Crippen LogP contribution in [0.4, 0.5) is 17.1 Å². The van der Waals surface area contributed by atoms with Gasteiger partial charge in [-0.3, -0.25) is 4.79 Å². The molecule has 0 radical (unpaired) electrons. The molecule has 0 fully saturated rings. The van der Waals surface area contributed by atoms with Gasteiger partial charge < -0.3 is 20.3 Å². The Morgan fingerprint density at radius 2 is 1.69 bits per heavy atom. The zero-order chi connectivity index (χ0) is 18.9. The molecule has 1 amide bonds. The maximum absolute atomic E-state index is 12.1. The monoisotopic (exact) mass is 355 g/mol. The lowest BCUT2D eigenvalue weighted by molar-refractivity contribution is -0.114. The summed E-state index contributed by atoms with van der Waals surface area (Å²) in [7, 11) is 1.33. The molecule has 0 aliphatic carbocycles. The first-order valence-corrected chi connectivity index (χ1v) is 8.64. The lowest BCUT2D eigenvalue weighted by Crippen LogP contribution is -2.23. The second-order valence-corrected chi connectivity index (χ2v) is 5.69. The van der Waals surface area contributed by atoms with Gasteiger partial charge in [0.2, 0.25) is 5.91 Å². The molecule has 0 saturated carbocycles. The van der Waals surface area contributed by atoms with Crippen LogP contribution in [-0.2, 0) is 9.53 Å². The molecular formula is C20H25N3O3. The summed E-state index contributed by atoms with van der Waals surface area (Å²) in [4.78, 5) is 25.9. The molecule has 2 N–H and O–H groups in total. The number of anilines is 3. The van der Waals surface area contributed by atoms with E-state index in [1.807, 2.05) is 24.3 Å². The van der Waals surface area contributed by atoms with Gasteiger partial charge in [-0.1, -0.05) is 6.07 Å². The van der Waals surface area contributed by atoms with Crippen molar-refractivity contribution in [3.63, 3.8) is 0 Å². The van der Waals surface area contributed by atoms with E-state index in [0.717, 1.165) is 24.5 Å². The van der Waals surface area contributed by atoms with Gasteiger partial charge in [0, 0.05) is 30.2 Å². The Bertz CT molecular complexity index is 740. The molecular weight excluding hydrogens is 330 g/mol. The smallest absolute Gasteiger partial charge is 0.337 e. The van der Waals surface area contributed by atoms with Gasteiger partial charge in [-0.2, -0.15) is 0 Å². The highest BCUT2D eigenvalue weighted by Crippen LogP contribution is 2.17. The third-order valence-electron chi connectivity index (χ3n) is 4.02. The van der Waals surface area contributed by atoms with Crippen LogP contribution < -0.4 is 15.5 Å². The normalized spacial score (nSPS) is 10.1. The van der Waals surface area contributed by atoms with E-state index in [9.17, 15) is 9.59 Å². The van der Waals surface area contributed by atoms with Gasteiger partial charge in [0.05, 0.1) is 19.2 Å². The predicted octanol–water partition coefficient (Wildman–Crippen LogP) is 3.37. The average Bonchev–Trinajstić information content (AvgIpc) is 2.68. The van der Waals surface area contributed by atoms with Crippen LogP contribution in [0.5, 0.6) is 0 Å². The largest absolute Gasteiger partial charge is 0.465 e. The Balaban J connectivity index is 1.90. The second-order valence-electron chi connectivity index (χ2n) is 5.69. The number of methoxy groups -OCH3 is 1. The van der Waals surface area contributed by atoms with Crippen LogP contribution in [0.2, 0.25) is 0 Å². The first kappa shape index (κ1) is 19.3. The third kappa shape index (κ3) is 5.24. The fourth-order valence-corrected chi connectivity index (χ4v) is 2.61. The summed E-state index contributed by atoms with van der Waals surface area (Å²) in [6.45, 7) is 6.20. The first-order chi connectivity index (χ1) is 12.6. The van der Waals surface area contributed by atoms with Gasteiger partial charge in [0.1, 0.15) is 0 Å². The fraction of sp³-hybridized carbons (Fsp3) is 0.300. The van der Waals surface area contributed by atoms with E-state index in [4.69, 9.17) is 0 Å². The molecule has 2 rings (SSSR count). The van der Waals surface area contributed by atoms with Gasteiger partial charge in [-0.05, 0) is 56.3 Å². The van der Waals surface area contributed by atoms with Crippen LogP contribution >= 0.6 is 0 Å². The molecule has 2 aromatic rings. The highest BCUT2D eigenvalue weighted by Gasteiger charge is 2.07. The summed E-state index contributed by atoms with van der Waals surface area (Å²) < 4.78 is 4.69. The highest BCUT2D eigenvalue weighted by molar-refractivity contribution is 5.94. The Kier molecular flexibility index (Phi) is 7.02. The topological polar surface area (TPSA) is 70.7 Å². The van der Waals surface area contributed by atoms with Crippen molar-refractivity contribution in [2.24, 2.45) is 0 Å². The number of nitrogens with one attached hydrogen (secondary N) is 2. The number of carbonyl (C=O) groups excluding carboxylic acids is 2. The van der Waals surface area contributed by atoms with Gasteiger partial charge in [-0.25, -0.2) is 4.79 Å². The van der Waals surface area contributed by atoms with E-state index in [2.05, 4.69) is 34.1 Å². The maximum Gasteiger partial charge on any atom is 0.337 e. The summed E-state index contributed by atoms with van der Waals surface area (Å²) in [5, 5.41) is 5.86. The predicted molar refractivity (Wildman–Crippen MR) is 105 cm³/mol. The number of nitrogens with zero attached hydrogens (tertiary/aromatic N) is 1. The Labute approximate surface area is 154 Å². The van der Waals surface area contributed by atoms with Crippen LogP contribution in [0.25, 0.3) is 0 Å². The first-order valence-electron chi connectivity index (χ1n) is 8.64. The minimum Gasteiger partial charge on any atom is -0.465 e. The van der Waals surface area contributed by atoms with Gasteiger partial charge in [0.15, 0.2) is 0 Å². The number of esters is 1. The molecule has 2 aromatic carbocycles. The quantitative estimate of drug-likeness (QED) is 0.711. The van der Waals surface area contributed by atoms with Crippen molar-refractivity contribution in [1.29, 1.82) is 0 Å². The summed E-state index contributed by atoms with van der Waals surface area (Å²) in [5.74, 6) is -0.574. The summed E-state index contributed by atoms with van der Waals surface area (Å²) in [6.07, 6.45) is 0. The molecule has 0 atom stereocenters. The van der Waals surface area contributed by atoms with Crippen molar-refractivity contribution in [2.45, 2.75) is 13.8 Å². The number of hydrogen-bond donors (Lipinski definition) is 2. The van der Waals surface area contributed by atoms with Crippen molar-refractivity contribution in [1.82, 2.24) is 0 Å². The molecule has 0 aromatic heterocycles. The van der Waals surface area contributed by atoms with Crippen molar-refractivity contribution >= 4 is 28.9 Å². The molecule has 0 spiro atoms. The molecule has 6 nitrogen and oxygen atoms in total. The highest BCUT2D eigenvalue weighted by atomic mass is 16.5. The van der Waals surface area contributed by atoms with E-state index < -0.39 is 5.97 Å². The van der Waals surface area contributed by atoms with Crippen LogP contribution in [0, 0.1) is 0 Å². The maximum atomic E-state index is 12.1. The minimum absolute atomic E-state index is 0.0996. The molecule has 0 bridgehead atoms. The van der Waals surface area contributed by atoms with Crippen LogP contribution in [0.3, 0.4) is 0 Å². The van der Waals surface area contributed by atoms with Gasteiger partial charge in [0.25, 0.3) is 0 Å². The summed E-state index contributed by atoms with van der Waals surface area (Å²) >= 11 is 0. The van der Waals surface area contributed by atoms with Crippen molar-refractivity contribution in [2.75, 3.05) is 42.3 Å². The molecule has 0 aliphatic heterocycles. The molecule has 0 unspecified atom stereocenters. The molecule has 0 aliphatic rings. The van der Waals surface area contributed by atoms with Crippen molar-refractivity contribution in [3.05, 3.63) is 54.1 Å². The van der Waals surface area contributed by atoms with Crippen LogP contribution in [0.15, 0.2) is 48.5 Å². The van der Waals surface area contributed by atoms with E-state index in [1.165, 1.54) is 7.11 Å². The lowest BCUT2D eigenvalue weighted by atomic mass is 10.2. The minimum atomic E-state index is -0.411. The van der Waals surface area contributed by atoms with Crippen molar-refractivity contribution in [3.8, 4) is 0 Å². The number of carbonyl (C=O) groups is 2. The van der Waals surface area contributed by atoms with Crippen molar-refractivity contribution < 1.29 is 14.3 Å². The van der Waals surface area contributed by atoms with E-state index in [-0.39, 0.29) is 12.5 Å². The Morgan fingerprint density at radius 1 is 1.00 bits per heavy atom. The summed E-state index contributed by atoms with van der Waals surface area (Å²) in [6, 6.07) is 14.6. The van der Waals surface area contributed by atoms with E-state index >= 15 is 0 Å². The standard InChI is InChI=1S/C20H25N3O3/c1-4-23(5-2)18-11-9-16(10-12-18)22-19(24)14-21-17-8-6-7-15(13-17)20(25)26-3/h6-13,21H,4-5,14H2,1-3H3,(H,22,24). The zero-order valence-electron chi connectivity index (χ0n) is 15.4. The second kappa shape index (κ2) is 9.46. The Morgan fingerprint density at radius 3 is 2.31 bits per heavy atom. The van der Waals surface area contributed by atoms with E-state index in [1.54, 1.807) is 24.3 Å². The number of rotatable bonds is 8. The number of benzene rings is 2. The Hall–Kier alpha value is -3.02. The molecule has 0 saturated heterocycles. The SMILES string of the molecule is CCN(CC)c1ccc(NC(=O)CNc2cccc(C(=O)OC)c2)cc1. The number of amides is 1. The number of hydrogen-bond acceptors (Lipinski definition) is 5. The van der Waals surface area contributed by atoms with Crippen LogP contribution in [-0.4, -0.2) is 38.6 Å². The summed E-state index contributed by atoms with van der Waals surface area (Å²) in [5.41, 5.74) is 2.99. The third-order valence-corrected chi connectivity index (χ3v) is 4.02. The molecule has 6 heteroatoms. The average molecular weight is 355 g/mol. The van der Waals surface area contributed by atoms with Gasteiger partial charge in [-0.15, -0.1) is 0 Å². The number of ether oxygens (including phenoxy) is 1. The van der Waals surface area contributed by atoms with Crippen LogP contribution in [0.1, 0.15) is 24.2 Å². The van der Waals surface area contributed by atoms with Gasteiger partial charge >= 0.3 is 5.97 Å². The molecule has 26 heavy (non-hydrogen) atoms. The molecule has 138 valence electrons. The zero-order valence-corrected chi connectivity index (χ0v) is 15.4. The van der Waals surface area contributed by atoms with E-state index in [0.29, 0.717) is 11.3 Å². The fourth-order valence-electron chi connectivity index (χ4n) is 2.61.